The number of aromatic amines is 1. The van der Waals surface area contributed by atoms with Gasteiger partial charge < -0.3 is 20.4 Å². The van der Waals surface area contributed by atoms with Crippen LogP contribution in [0.5, 0.6) is 0 Å². The maximum atomic E-state index is 12.6. The molecule has 1 aromatic heterocycles. The van der Waals surface area contributed by atoms with Crippen molar-refractivity contribution in [1.82, 2.24) is 15.6 Å². The van der Waals surface area contributed by atoms with E-state index in [0.717, 1.165) is 22.2 Å². The molecule has 1 saturated heterocycles. The molecule has 0 aliphatic carbocycles. The zero-order chi connectivity index (χ0) is 19.1. The van der Waals surface area contributed by atoms with Crippen LogP contribution >= 0.6 is 0 Å². The molecule has 1 aliphatic heterocycles. The van der Waals surface area contributed by atoms with E-state index in [1.165, 1.54) is 0 Å². The number of amides is 2. The fraction of sp³-hybridized carbons (Fsp3) is 0.400. The molecule has 6 heteroatoms. The number of ether oxygens (including phenoxy) is 1. The summed E-state index contributed by atoms with van der Waals surface area (Å²) in [4.78, 5) is 28.2. The Hall–Kier alpha value is -2.60. The van der Waals surface area contributed by atoms with Crippen LogP contribution in [0.25, 0.3) is 10.9 Å². The molecule has 1 aromatic carbocycles. The number of piperazine rings is 1. The highest BCUT2D eigenvalue weighted by molar-refractivity contribution is 5.98. The number of allylic oxidation sites excluding steroid dienone is 1. The van der Waals surface area contributed by atoms with Gasteiger partial charge in [-0.05, 0) is 13.0 Å². The number of hydrogen-bond donors (Lipinski definition) is 3. The predicted molar refractivity (Wildman–Crippen MR) is 101 cm³/mol. The van der Waals surface area contributed by atoms with Crippen LogP contribution in [0.4, 0.5) is 0 Å². The first kappa shape index (κ1) is 18.2. The van der Waals surface area contributed by atoms with Gasteiger partial charge >= 0.3 is 0 Å². The Balaban J connectivity index is 2.18. The fourth-order valence-electron chi connectivity index (χ4n) is 3.42. The number of aromatic nitrogens is 1. The summed E-state index contributed by atoms with van der Waals surface area (Å²) in [6.07, 6.45) is 1.23. The van der Waals surface area contributed by atoms with E-state index < -0.39 is 18.2 Å². The van der Waals surface area contributed by atoms with E-state index in [4.69, 9.17) is 4.74 Å². The largest absolute Gasteiger partial charge is 0.374 e. The van der Waals surface area contributed by atoms with Gasteiger partial charge in [-0.25, -0.2) is 0 Å². The summed E-state index contributed by atoms with van der Waals surface area (Å²) in [6.45, 7) is 9.69. The minimum absolute atomic E-state index is 0.221. The second-order valence-corrected chi connectivity index (χ2v) is 7.26. The highest BCUT2D eigenvalue weighted by Gasteiger charge is 2.40. The van der Waals surface area contributed by atoms with Crippen molar-refractivity contribution in [3.05, 3.63) is 48.2 Å². The van der Waals surface area contributed by atoms with Crippen LogP contribution in [0.1, 0.15) is 38.1 Å². The summed E-state index contributed by atoms with van der Waals surface area (Å²) in [6, 6.07) is 6.51. The third kappa shape index (κ3) is 2.90. The fourth-order valence-corrected chi connectivity index (χ4v) is 3.42. The lowest BCUT2D eigenvalue weighted by atomic mass is 9.83. The van der Waals surface area contributed by atoms with Gasteiger partial charge in [-0.15, -0.1) is 6.58 Å². The topological polar surface area (TPSA) is 83.2 Å². The van der Waals surface area contributed by atoms with Gasteiger partial charge in [0.25, 0.3) is 0 Å². The van der Waals surface area contributed by atoms with Gasteiger partial charge in [0, 0.05) is 34.7 Å². The molecule has 26 heavy (non-hydrogen) atoms. The number of methoxy groups -OCH3 is 1. The molecule has 1 fully saturated rings. The molecule has 0 saturated carbocycles. The van der Waals surface area contributed by atoms with E-state index in [1.54, 1.807) is 14.0 Å². The van der Waals surface area contributed by atoms with Crippen molar-refractivity contribution in [3.63, 3.8) is 0 Å². The first-order chi connectivity index (χ1) is 12.3. The monoisotopic (exact) mass is 355 g/mol. The molecule has 6 nitrogen and oxygen atoms in total. The molecular formula is C20H25N3O3. The highest BCUT2D eigenvalue weighted by Crippen LogP contribution is 2.38. The average molecular weight is 355 g/mol. The van der Waals surface area contributed by atoms with E-state index in [9.17, 15) is 9.59 Å². The van der Waals surface area contributed by atoms with Gasteiger partial charge in [0.2, 0.25) is 11.8 Å². The number of para-hydroxylation sites is 1. The summed E-state index contributed by atoms with van der Waals surface area (Å²) >= 11 is 0. The molecule has 0 spiro atoms. The smallest absolute Gasteiger partial charge is 0.246 e. The van der Waals surface area contributed by atoms with Crippen molar-refractivity contribution in [2.45, 2.75) is 44.4 Å². The number of H-pyrrole nitrogens is 1. The summed E-state index contributed by atoms with van der Waals surface area (Å²) in [5, 5.41) is 6.48. The Morgan fingerprint density at radius 3 is 2.54 bits per heavy atom. The maximum Gasteiger partial charge on any atom is 0.246 e. The third-order valence-electron chi connectivity index (χ3n) is 5.07. The number of rotatable bonds is 5. The number of nitrogens with one attached hydrogen (secondary N) is 3. The third-order valence-corrected chi connectivity index (χ3v) is 5.07. The van der Waals surface area contributed by atoms with Gasteiger partial charge in [-0.3, -0.25) is 9.59 Å². The van der Waals surface area contributed by atoms with E-state index >= 15 is 0 Å². The van der Waals surface area contributed by atoms with Crippen molar-refractivity contribution in [2.24, 2.45) is 0 Å². The standard InChI is InChI=1S/C20H25N3O3/c1-6-20(3,4)17-14(12-9-7-8-10-13(12)22-17)16(26-5)15-19(25)21-11(2)18(24)23-15/h6-11,15-16,22H,1H2,2-5H3,(H,21,25)(H,23,24). The predicted octanol–water partition coefficient (Wildman–Crippen LogP) is 2.32. The van der Waals surface area contributed by atoms with Crippen LogP contribution in [-0.2, 0) is 19.7 Å². The van der Waals surface area contributed by atoms with Crippen molar-refractivity contribution in [2.75, 3.05) is 7.11 Å². The minimum Gasteiger partial charge on any atom is -0.374 e. The van der Waals surface area contributed by atoms with Crippen LogP contribution in [0.2, 0.25) is 0 Å². The molecule has 3 unspecified atom stereocenters. The van der Waals surface area contributed by atoms with Crippen LogP contribution in [-0.4, -0.2) is 36.0 Å². The lowest BCUT2D eigenvalue weighted by Gasteiger charge is -2.34. The Bertz CT molecular complexity index is 868. The van der Waals surface area contributed by atoms with E-state index in [-0.39, 0.29) is 17.2 Å². The zero-order valence-corrected chi connectivity index (χ0v) is 15.6. The molecule has 3 atom stereocenters. The van der Waals surface area contributed by atoms with Crippen molar-refractivity contribution < 1.29 is 14.3 Å². The van der Waals surface area contributed by atoms with Crippen LogP contribution in [0.15, 0.2) is 36.9 Å². The molecule has 0 bridgehead atoms. The molecule has 3 rings (SSSR count). The number of carbonyl (C=O) groups excluding carboxylic acids is 2. The second-order valence-electron chi connectivity index (χ2n) is 7.26. The number of carbonyl (C=O) groups is 2. The molecular weight excluding hydrogens is 330 g/mol. The molecule has 2 amide bonds. The number of fused-ring (bicyclic) bond motifs is 1. The van der Waals surface area contributed by atoms with Gasteiger partial charge in [-0.2, -0.15) is 0 Å². The Morgan fingerprint density at radius 2 is 1.88 bits per heavy atom. The lowest BCUT2D eigenvalue weighted by Crippen LogP contribution is -2.62. The summed E-state index contributed by atoms with van der Waals surface area (Å²) in [7, 11) is 1.55. The van der Waals surface area contributed by atoms with Gasteiger partial charge in [0.05, 0.1) is 0 Å². The molecule has 3 N–H and O–H groups in total. The maximum absolute atomic E-state index is 12.6. The normalized spacial score (nSPS) is 22.0. The van der Waals surface area contributed by atoms with Crippen molar-refractivity contribution in [3.8, 4) is 0 Å². The molecule has 0 radical (unpaired) electrons. The van der Waals surface area contributed by atoms with Crippen LogP contribution in [0.3, 0.4) is 0 Å². The Kier molecular flexibility index (Phi) is 4.63. The SMILES string of the molecule is C=CC(C)(C)c1[nH]c2ccccc2c1C(OC)C1NC(=O)C(C)NC1=O. The quantitative estimate of drug-likeness (QED) is 0.720. The average Bonchev–Trinajstić information content (AvgIpc) is 3.00. The summed E-state index contributed by atoms with van der Waals surface area (Å²) < 4.78 is 5.75. The Morgan fingerprint density at radius 1 is 1.19 bits per heavy atom. The minimum atomic E-state index is -0.803. The lowest BCUT2D eigenvalue weighted by molar-refractivity contribution is -0.140. The van der Waals surface area contributed by atoms with Gasteiger partial charge in [-0.1, -0.05) is 38.1 Å². The second kappa shape index (κ2) is 6.61. The van der Waals surface area contributed by atoms with Gasteiger partial charge in [0.15, 0.2) is 0 Å². The first-order valence-corrected chi connectivity index (χ1v) is 8.68. The van der Waals surface area contributed by atoms with Crippen molar-refractivity contribution in [1.29, 1.82) is 0 Å². The number of benzene rings is 1. The van der Waals surface area contributed by atoms with E-state index in [2.05, 4.69) is 22.2 Å². The molecule has 138 valence electrons. The first-order valence-electron chi connectivity index (χ1n) is 8.68. The van der Waals surface area contributed by atoms with Gasteiger partial charge in [0.1, 0.15) is 18.2 Å². The van der Waals surface area contributed by atoms with Crippen molar-refractivity contribution >= 4 is 22.7 Å². The molecule has 2 aromatic rings. The highest BCUT2D eigenvalue weighted by atomic mass is 16.5. The Labute approximate surface area is 153 Å². The zero-order valence-electron chi connectivity index (χ0n) is 15.6. The van der Waals surface area contributed by atoms with Crippen LogP contribution in [0, 0.1) is 0 Å². The van der Waals surface area contributed by atoms with Crippen LogP contribution < -0.4 is 10.6 Å². The summed E-state index contributed by atoms with van der Waals surface area (Å²) in [5.41, 5.74) is 2.36. The molecule has 1 aliphatic rings. The van der Waals surface area contributed by atoms with E-state index in [0.29, 0.717) is 0 Å². The number of hydrogen-bond acceptors (Lipinski definition) is 3. The summed E-state index contributed by atoms with van der Waals surface area (Å²) in [5.74, 6) is -0.474. The molecule has 2 heterocycles. The van der Waals surface area contributed by atoms with E-state index in [1.807, 2.05) is 44.2 Å².